The summed E-state index contributed by atoms with van der Waals surface area (Å²) >= 11 is 0. The second-order valence-electron chi connectivity index (χ2n) is 4.05. The Bertz CT molecular complexity index is 641. The number of benzene rings is 1. The third-order valence-corrected chi connectivity index (χ3v) is 2.86. The Morgan fingerprint density at radius 3 is 2.56 bits per heavy atom. The van der Waals surface area contributed by atoms with Crippen LogP contribution in [0, 0.1) is 19.1 Å². The topological polar surface area (TPSA) is 26.0 Å². The first-order chi connectivity index (χ1) is 8.86. The van der Waals surface area contributed by atoms with Gasteiger partial charge in [-0.3, -0.25) is 0 Å². The molecule has 0 aliphatic heterocycles. The summed E-state index contributed by atoms with van der Waals surface area (Å²) in [5.41, 5.74) is 3.99. The van der Waals surface area contributed by atoms with Gasteiger partial charge in [-0.25, -0.2) is 0 Å². The lowest BCUT2D eigenvalue weighted by atomic mass is 10.0. The first kappa shape index (κ1) is 10.6. The zero-order valence-corrected chi connectivity index (χ0v) is 9.97. The van der Waals surface area contributed by atoms with Crippen LogP contribution in [0.1, 0.15) is 5.76 Å². The van der Waals surface area contributed by atoms with E-state index < -0.39 is 0 Å². The molecule has 0 bridgehead atoms. The second kappa shape index (κ2) is 4.38. The van der Waals surface area contributed by atoms with Crippen molar-refractivity contribution in [3.63, 3.8) is 0 Å². The molecule has 3 rings (SSSR count). The third kappa shape index (κ3) is 1.76. The smallest absolute Gasteiger partial charge is 0.142 e. The molecule has 0 spiro atoms. The Balaban J connectivity index is 2.19. The molecule has 86 valence electrons. The Labute approximate surface area is 106 Å². The predicted molar refractivity (Wildman–Crippen MR) is 69.8 cm³/mol. The lowest BCUT2D eigenvalue weighted by molar-refractivity contribution is 0.400. The van der Waals surface area contributed by atoms with Crippen molar-refractivity contribution in [1.82, 2.24) is 5.16 Å². The van der Waals surface area contributed by atoms with Crippen LogP contribution in [0.15, 0.2) is 53.1 Å². The molecular formula is C16H11NO. The Morgan fingerprint density at radius 1 is 1.00 bits per heavy atom. The van der Waals surface area contributed by atoms with Crippen molar-refractivity contribution in [2.24, 2.45) is 0 Å². The van der Waals surface area contributed by atoms with Gasteiger partial charge in [0.05, 0.1) is 5.56 Å². The van der Waals surface area contributed by atoms with E-state index in [1.54, 1.807) is 0 Å². The molecule has 2 heteroatoms. The third-order valence-electron chi connectivity index (χ3n) is 2.86. The van der Waals surface area contributed by atoms with Crippen molar-refractivity contribution in [3.8, 4) is 22.4 Å². The van der Waals surface area contributed by atoms with Crippen LogP contribution in [0.2, 0.25) is 0 Å². The molecule has 3 aromatic rings. The van der Waals surface area contributed by atoms with Crippen LogP contribution in [0.3, 0.4) is 0 Å². The van der Waals surface area contributed by atoms with Crippen LogP contribution in [-0.2, 0) is 0 Å². The predicted octanol–water partition coefficient (Wildman–Crippen LogP) is 3.92. The van der Waals surface area contributed by atoms with E-state index in [4.69, 9.17) is 4.52 Å². The molecule has 0 N–H and O–H groups in total. The van der Waals surface area contributed by atoms with Crippen LogP contribution in [0.4, 0.5) is 0 Å². The van der Waals surface area contributed by atoms with Gasteiger partial charge in [0.1, 0.15) is 11.5 Å². The maximum absolute atomic E-state index is 5.33. The molecule has 0 radical (unpaired) electrons. The highest BCUT2D eigenvalue weighted by atomic mass is 16.5. The van der Waals surface area contributed by atoms with Gasteiger partial charge in [0, 0.05) is 5.56 Å². The van der Waals surface area contributed by atoms with E-state index >= 15 is 0 Å². The molecule has 2 nitrogen and oxygen atoms in total. The number of nitrogens with zero attached hydrogens (tertiary/aromatic N) is 1. The monoisotopic (exact) mass is 233 g/mol. The van der Waals surface area contributed by atoms with Crippen LogP contribution in [0.25, 0.3) is 22.4 Å². The summed E-state index contributed by atoms with van der Waals surface area (Å²) in [5, 5.41) is 4.16. The molecule has 0 aliphatic rings. The van der Waals surface area contributed by atoms with Crippen molar-refractivity contribution in [2.45, 2.75) is 6.92 Å². The fourth-order valence-corrected chi connectivity index (χ4v) is 2.01. The minimum absolute atomic E-state index is 0.813. The van der Waals surface area contributed by atoms with E-state index in [2.05, 4.69) is 17.3 Å². The minimum atomic E-state index is 0.813. The zero-order valence-electron chi connectivity index (χ0n) is 9.97. The number of hydrogen-bond donors (Lipinski definition) is 0. The van der Waals surface area contributed by atoms with E-state index in [-0.39, 0.29) is 0 Å². The first-order valence-electron chi connectivity index (χ1n) is 5.76. The van der Waals surface area contributed by atoms with Gasteiger partial charge in [-0.1, -0.05) is 47.6 Å². The standard InChI is InChI=1S/C16H11NO/c1-12-15(13-8-4-2-5-9-13)16(17-18-12)14-10-6-3-7-11-14/h3-4,6-11H,1H3. The molecule has 0 saturated heterocycles. The van der Waals surface area contributed by atoms with E-state index in [0.29, 0.717) is 0 Å². The summed E-state index contributed by atoms with van der Waals surface area (Å²) in [7, 11) is 0. The molecule has 0 unspecified atom stereocenters. The van der Waals surface area contributed by atoms with Crippen molar-refractivity contribution < 1.29 is 4.52 Å². The largest absolute Gasteiger partial charge is 0.360 e. The molecule has 0 saturated carbocycles. The molecule has 18 heavy (non-hydrogen) atoms. The highest BCUT2D eigenvalue weighted by Crippen LogP contribution is 2.33. The van der Waals surface area contributed by atoms with Gasteiger partial charge in [-0.2, -0.15) is 0 Å². The molecule has 0 atom stereocenters. The van der Waals surface area contributed by atoms with Gasteiger partial charge in [0.25, 0.3) is 0 Å². The SMILES string of the molecule is Cc1onc(-c2ccccc2)c1-c1cc#ccc1. The van der Waals surface area contributed by atoms with Gasteiger partial charge in [0.15, 0.2) is 0 Å². The van der Waals surface area contributed by atoms with Crippen molar-refractivity contribution >= 4 is 0 Å². The molecule has 1 heterocycles. The first-order valence-corrected chi connectivity index (χ1v) is 5.76. The number of aryl methyl sites for hydroxylation is 1. The van der Waals surface area contributed by atoms with Gasteiger partial charge in [-0.15, -0.1) is 0 Å². The van der Waals surface area contributed by atoms with Crippen molar-refractivity contribution in [1.29, 1.82) is 0 Å². The highest BCUT2D eigenvalue weighted by Gasteiger charge is 2.15. The number of rotatable bonds is 2. The fourth-order valence-electron chi connectivity index (χ4n) is 2.01. The molecule has 0 aliphatic carbocycles. The Morgan fingerprint density at radius 2 is 1.83 bits per heavy atom. The quantitative estimate of drug-likeness (QED) is 0.670. The molecule has 0 fully saturated rings. The van der Waals surface area contributed by atoms with Crippen LogP contribution < -0.4 is 0 Å². The molecular weight excluding hydrogens is 222 g/mol. The van der Waals surface area contributed by atoms with Crippen molar-refractivity contribution in [3.05, 3.63) is 66.4 Å². The zero-order chi connectivity index (χ0) is 12.4. The average molecular weight is 233 g/mol. The van der Waals surface area contributed by atoms with E-state index in [1.807, 2.05) is 55.5 Å². The van der Waals surface area contributed by atoms with Gasteiger partial charge in [0.2, 0.25) is 0 Å². The summed E-state index contributed by atoms with van der Waals surface area (Å²) in [6.45, 7) is 1.92. The van der Waals surface area contributed by atoms with Gasteiger partial charge in [-0.05, 0) is 30.7 Å². The normalized spacial score (nSPS) is 10.1. The minimum Gasteiger partial charge on any atom is -0.360 e. The molecule has 2 aromatic carbocycles. The molecule has 1 aromatic heterocycles. The summed E-state index contributed by atoms with van der Waals surface area (Å²) < 4.78 is 5.33. The Kier molecular flexibility index (Phi) is 2.59. The number of aromatic nitrogens is 1. The van der Waals surface area contributed by atoms with Gasteiger partial charge >= 0.3 is 0 Å². The lowest BCUT2D eigenvalue weighted by Crippen LogP contribution is -1.83. The maximum Gasteiger partial charge on any atom is 0.142 e. The van der Waals surface area contributed by atoms with E-state index in [1.165, 1.54) is 0 Å². The highest BCUT2D eigenvalue weighted by molar-refractivity contribution is 5.81. The number of hydrogen-bond acceptors (Lipinski definition) is 2. The summed E-state index contributed by atoms with van der Waals surface area (Å²) in [6, 6.07) is 21.6. The van der Waals surface area contributed by atoms with Crippen molar-refractivity contribution in [2.75, 3.05) is 0 Å². The van der Waals surface area contributed by atoms with Crippen LogP contribution in [-0.4, -0.2) is 5.16 Å². The molecule has 0 amide bonds. The summed E-state index contributed by atoms with van der Waals surface area (Å²) in [5.74, 6) is 0.813. The summed E-state index contributed by atoms with van der Waals surface area (Å²) in [4.78, 5) is 0. The fraction of sp³-hybridized carbons (Fsp3) is 0.0625. The lowest BCUT2D eigenvalue weighted by Gasteiger charge is -2.01. The summed E-state index contributed by atoms with van der Waals surface area (Å²) in [6.07, 6.45) is 0. The van der Waals surface area contributed by atoms with E-state index in [0.717, 1.165) is 28.1 Å². The van der Waals surface area contributed by atoms with Crippen LogP contribution >= 0.6 is 0 Å². The van der Waals surface area contributed by atoms with Gasteiger partial charge < -0.3 is 4.52 Å². The Hall–Kier alpha value is -2.53. The average Bonchev–Trinajstić information content (AvgIpc) is 2.83. The maximum atomic E-state index is 5.33. The van der Waals surface area contributed by atoms with Crippen LogP contribution in [0.5, 0.6) is 0 Å². The van der Waals surface area contributed by atoms with E-state index in [9.17, 15) is 0 Å². The second-order valence-corrected chi connectivity index (χ2v) is 4.05.